The molecule has 0 amide bonds. The maximum Gasteiger partial charge on any atom is 0.310 e. The minimum Gasteiger partial charge on any atom is -0.486 e. The third-order valence-electron chi connectivity index (χ3n) is 2.00. The smallest absolute Gasteiger partial charge is 0.310 e. The predicted molar refractivity (Wildman–Crippen MR) is 64.9 cm³/mol. The molecule has 0 bridgehead atoms. The van der Waals surface area contributed by atoms with Gasteiger partial charge < -0.3 is 10.5 Å². The average molecular weight is 242 g/mol. The van der Waals surface area contributed by atoms with Crippen LogP contribution < -0.4 is 10.5 Å². The molecule has 0 aliphatic rings. The Kier molecular flexibility index (Phi) is 5.07. The Labute approximate surface area is 98.1 Å². The topological polar surface area (TPSA) is 78.4 Å². The van der Waals surface area contributed by atoms with Crippen LogP contribution in [-0.4, -0.2) is 23.5 Å². The number of rotatable bonds is 6. The number of thioether (sulfide) groups is 1. The summed E-state index contributed by atoms with van der Waals surface area (Å²) in [5, 5.41) is 10.7. The van der Waals surface area contributed by atoms with Crippen LogP contribution in [-0.2, 0) is 6.54 Å². The third kappa shape index (κ3) is 3.39. The molecule has 0 heterocycles. The van der Waals surface area contributed by atoms with Crippen LogP contribution in [0.1, 0.15) is 5.56 Å². The van der Waals surface area contributed by atoms with Crippen LogP contribution in [0.2, 0.25) is 0 Å². The number of hydrogen-bond donors (Lipinski definition) is 1. The van der Waals surface area contributed by atoms with Crippen LogP contribution in [0.15, 0.2) is 18.2 Å². The highest BCUT2D eigenvalue weighted by Crippen LogP contribution is 2.27. The molecule has 2 N–H and O–H groups in total. The number of nitro benzene ring substituents is 1. The molecule has 0 saturated carbocycles. The summed E-state index contributed by atoms with van der Waals surface area (Å²) in [5.74, 6) is 1.09. The van der Waals surface area contributed by atoms with Gasteiger partial charge in [-0.3, -0.25) is 10.1 Å². The summed E-state index contributed by atoms with van der Waals surface area (Å²) >= 11 is 1.63. The Morgan fingerprint density at radius 3 is 2.88 bits per heavy atom. The molecule has 5 nitrogen and oxygen atoms in total. The molecule has 1 aromatic rings. The Morgan fingerprint density at radius 2 is 2.31 bits per heavy atom. The second-order valence-corrected chi connectivity index (χ2v) is 4.09. The van der Waals surface area contributed by atoms with E-state index in [2.05, 4.69) is 0 Å². The zero-order valence-electron chi connectivity index (χ0n) is 9.01. The molecule has 0 fully saturated rings. The molecule has 0 saturated heterocycles. The number of nitro groups is 1. The Morgan fingerprint density at radius 1 is 1.56 bits per heavy atom. The largest absolute Gasteiger partial charge is 0.486 e. The molecule has 1 aromatic carbocycles. The molecule has 1 rings (SSSR count). The van der Waals surface area contributed by atoms with Crippen molar-refractivity contribution in [1.29, 1.82) is 0 Å². The van der Waals surface area contributed by atoms with Gasteiger partial charge >= 0.3 is 5.69 Å². The fraction of sp³-hybridized carbons (Fsp3) is 0.400. The van der Waals surface area contributed by atoms with E-state index in [1.165, 1.54) is 6.07 Å². The van der Waals surface area contributed by atoms with Crippen LogP contribution >= 0.6 is 11.8 Å². The van der Waals surface area contributed by atoms with Crippen molar-refractivity contribution in [2.45, 2.75) is 6.54 Å². The maximum atomic E-state index is 10.7. The zero-order chi connectivity index (χ0) is 12.0. The minimum absolute atomic E-state index is 0.0155. The number of nitrogens with zero attached hydrogens (tertiary/aromatic N) is 1. The molecule has 0 unspecified atom stereocenters. The van der Waals surface area contributed by atoms with Gasteiger partial charge in [-0.15, -0.1) is 0 Å². The lowest BCUT2D eigenvalue weighted by atomic mass is 10.2. The summed E-state index contributed by atoms with van der Waals surface area (Å²) in [5.41, 5.74) is 6.28. The quantitative estimate of drug-likeness (QED) is 0.467. The van der Waals surface area contributed by atoms with E-state index in [1.807, 2.05) is 6.26 Å². The van der Waals surface area contributed by atoms with Gasteiger partial charge in [-0.05, 0) is 17.9 Å². The number of benzene rings is 1. The van der Waals surface area contributed by atoms with Gasteiger partial charge in [-0.25, -0.2) is 0 Å². The van der Waals surface area contributed by atoms with Gasteiger partial charge in [0.25, 0.3) is 0 Å². The van der Waals surface area contributed by atoms with E-state index in [1.54, 1.807) is 23.9 Å². The Bertz CT molecular complexity index is 371. The van der Waals surface area contributed by atoms with Crippen molar-refractivity contribution >= 4 is 17.4 Å². The number of nitrogens with two attached hydrogens (primary N) is 1. The molecule has 0 radical (unpaired) electrons. The van der Waals surface area contributed by atoms with Crippen molar-refractivity contribution in [2.24, 2.45) is 5.73 Å². The van der Waals surface area contributed by atoms with Gasteiger partial charge in [0.15, 0.2) is 5.75 Å². The predicted octanol–water partition coefficient (Wildman–Crippen LogP) is 1.80. The van der Waals surface area contributed by atoms with Crippen molar-refractivity contribution in [2.75, 3.05) is 18.6 Å². The maximum absolute atomic E-state index is 10.7. The molecule has 0 aromatic heterocycles. The van der Waals surface area contributed by atoms with Crippen molar-refractivity contribution in [3.05, 3.63) is 33.9 Å². The standard InChI is InChI=1S/C10H14N2O3S/c1-16-5-4-15-10-6-8(7-11)2-3-9(10)12(13)14/h2-3,6H,4-5,7,11H2,1H3. The summed E-state index contributed by atoms with van der Waals surface area (Å²) in [4.78, 5) is 10.3. The van der Waals surface area contributed by atoms with E-state index in [-0.39, 0.29) is 5.69 Å². The summed E-state index contributed by atoms with van der Waals surface area (Å²) < 4.78 is 5.36. The van der Waals surface area contributed by atoms with Gasteiger partial charge in [0, 0.05) is 18.4 Å². The van der Waals surface area contributed by atoms with E-state index in [9.17, 15) is 10.1 Å². The van der Waals surface area contributed by atoms with Crippen molar-refractivity contribution < 1.29 is 9.66 Å². The lowest BCUT2D eigenvalue weighted by Crippen LogP contribution is -2.04. The van der Waals surface area contributed by atoms with E-state index in [0.29, 0.717) is 18.9 Å². The molecular weight excluding hydrogens is 228 g/mol. The first kappa shape index (κ1) is 12.8. The Balaban J connectivity index is 2.87. The van der Waals surface area contributed by atoms with Gasteiger partial charge in [0.05, 0.1) is 11.5 Å². The molecular formula is C10H14N2O3S. The first-order valence-electron chi connectivity index (χ1n) is 4.78. The lowest BCUT2D eigenvalue weighted by molar-refractivity contribution is -0.385. The average Bonchev–Trinajstić information content (AvgIpc) is 2.29. The first-order valence-corrected chi connectivity index (χ1v) is 6.17. The van der Waals surface area contributed by atoms with Crippen LogP contribution in [0.5, 0.6) is 5.75 Å². The minimum atomic E-state index is -0.450. The van der Waals surface area contributed by atoms with E-state index >= 15 is 0 Å². The van der Waals surface area contributed by atoms with Gasteiger partial charge in [-0.1, -0.05) is 6.07 Å². The van der Waals surface area contributed by atoms with Gasteiger partial charge in [0.2, 0.25) is 0 Å². The highest BCUT2D eigenvalue weighted by Gasteiger charge is 2.14. The van der Waals surface area contributed by atoms with Crippen LogP contribution in [0, 0.1) is 10.1 Å². The fourth-order valence-corrected chi connectivity index (χ4v) is 1.44. The van der Waals surface area contributed by atoms with Crippen molar-refractivity contribution in [1.82, 2.24) is 0 Å². The number of ether oxygens (including phenoxy) is 1. The van der Waals surface area contributed by atoms with E-state index in [4.69, 9.17) is 10.5 Å². The fourth-order valence-electron chi connectivity index (χ4n) is 1.19. The molecule has 0 atom stereocenters. The molecule has 0 spiro atoms. The van der Waals surface area contributed by atoms with Crippen LogP contribution in [0.3, 0.4) is 0 Å². The summed E-state index contributed by atoms with van der Waals surface area (Å²) in [6.45, 7) is 0.799. The summed E-state index contributed by atoms with van der Waals surface area (Å²) in [6.07, 6.45) is 1.95. The molecule has 16 heavy (non-hydrogen) atoms. The monoisotopic (exact) mass is 242 g/mol. The second-order valence-electron chi connectivity index (χ2n) is 3.10. The first-order chi connectivity index (χ1) is 7.69. The Hall–Kier alpha value is -1.27. The zero-order valence-corrected chi connectivity index (χ0v) is 9.83. The lowest BCUT2D eigenvalue weighted by Gasteiger charge is -2.07. The highest BCUT2D eigenvalue weighted by molar-refractivity contribution is 7.98. The summed E-state index contributed by atoms with van der Waals surface area (Å²) in [7, 11) is 0. The molecule has 88 valence electrons. The van der Waals surface area contributed by atoms with Crippen molar-refractivity contribution in [3.8, 4) is 5.75 Å². The second kappa shape index (κ2) is 6.34. The van der Waals surface area contributed by atoms with Crippen molar-refractivity contribution in [3.63, 3.8) is 0 Å². The third-order valence-corrected chi connectivity index (χ3v) is 2.58. The SMILES string of the molecule is CSCCOc1cc(CN)ccc1[N+](=O)[O-]. The van der Waals surface area contributed by atoms with Crippen LogP contribution in [0.25, 0.3) is 0 Å². The number of hydrogen-bond acceptors (Lipinski definition) is 5. The molecule has 0 aliphatic carbocycles. The van der Waals surface area contributed by atoms with E-state index < -0.39 is 4.92 Å². The highest BCUT2D eigenvalue weighted by atomic mass is 32.2. The normalized spacial score (nSPS) is 10.1. The van der Waals surface area contributed by atoms with E-state index in [0.717, 1.165) is 11.3 Å². The van der Waals surface area contributed by atoms with Gasteiger partial charge in [-0.2, -0.15) is 11.8 Å². The van der Waals surface area contributed by atoms with Gasteiger partial charge in [0.1, 0.15) is 0 Å². The summed E-state index contributed by atoms with van der Waals surface area (Å²) in [6, 6.07) is 4.69. The molecule has 6 heteroatoms. The molecule has 0 aliphatic heterocycles. The van der Waals surface area contributed by atoms with Crippen LogP contribution in [0.4, 0.5) is 5.69 Å².